The van der Waals surface area contributed by atoms with Gasteiger partial charge in [-0.3, -0.25) is 0 Å². The maximum atomic E-state index is 8.39. The maximum Gasteiger partial charge on any atom is 0.139 e. The molecule has 0 aliphatic rings. The van der Waals surface area contributed by atoms with Crippen molar-refractivity contribution in [2.45, 2.75) is 39.0 Å². The molecule has 0 saturated carbocycles. The van der Waals surface area contributed by atoms with Gasteiger partial charge in [-0.05, 0) is 37.0 Å². The number of hydrogen-bond donors (Lipinski definition) is 3. The number of nitrogens with zero attached hydrogens (tertiary/aromatic N) is 1. The summed E-state index contributed by atoms with van der Waals surface area (Å²) < 4.78 is 0. The van der Waals surface area contributed by atoms with Crippen molar-refractivity contribution in [3.8, 4) is 0 Å². The Labute approximate surface area is 109 Å². The summed E-state index contributed by atoms with van der Waals surface area (Å²) in [6.45, 7) is 3.10. The van der Waals surface area contributed by atoms with Crippen molar-refractivity contribution < 1.29 is 5.21 Å². The van der Waals surface area contributed by atoms with Crippen LogP contribution < -0.4 is 11.1 Å². The highest BCUT2D eigenvalue weighted by Crippen LogP contribution is 2.11. The molecule has 0 bridgehead atoms. The number of nitrogens with two attached hydrogens (primary N) is 1. The van der Waals surface area contributed by atoms with Crippen molar-refractivity contribution >= 4 is 11.5 Å². The van der Waals surface area contributed by atoms with E-state index in [0.717, 1.165) is 31.5 Å². The summed E-state index contributed by atoms with van der Waals surface area (Å²) in [5.41, 5.74) is 7.93. The number of anilines is 1. The topological polar surface area (TPSA) is 70.6 Å². The molecule has 1 aromatic carbocycles. The quantitative estimate of drug-likeness (QED) is 0.218. The fourth-order valence-electron chi connectivity index (χ4n) is 1.79. The minimum atomic E-state index is 0.305. The summed E-state index contributed by atoms with van der Waals surface area (Å²) in [4.78, 5) is 0. The Kier molecular flexibility index (Phi) is 6.69. The predicted octanol–water partition coefficient (Wildman–Crippen LogP) is 2.97. The Morgan fingerprint density at radius 1 is 1.28 bits per heavy atom. The third-order valence-corrected chi connectivity index (χ3v) is 2.81. The fourth-order valence-corrected chi connectivity index (χ4v) is 1.79. The van der Waals surface area contributed by atoms with Gasteiger partial charge in [0, 0.05) is 18.7 Å². The smallest absolute Gasteiger partial charge is 0.139 e. The number of aryl methyl sites for hydroxylation is 1. The van der Waals surface area contributed by atoms with Crippen LogP contribution in [0.15, 0.2) is 29.4 Å². The second-order valence-corrected chi connectivity index (χ2v) is 4.42. The summed E-state index contributed by atoms with van der Waals surface area (Å²) in [5.74, 6) is 0.305. The van der Waals surface area contributed by atoms with Crippen molar-refractivity contribution in [3.05, 3.63) is 29.8 Å². The summed E-state index contributed by atoms with van der Waals surface area (Å²) in [7, 11) is 0. The Balaban J connectivity index is 2.19. The Morgan fingerprint density at radius 3 is 2.61 bits per heavy atom. The average molecular weight is 249 g/mol. The van der Waals surface area contributed by atoms with Gasteiger partial charge in [-0.25, -0.2) is 0 Å². The standard InChI is InChI=1S/C14H23N3O/c1-2-5-12-7-9-13(10-8-12)16-11-4-3-6-14(15)17-18/h7-10,16,18H,2-6,11H2,1H3,(H2,15,17). The number of benzene rings is 1. The van der Waals surface area contributed by atoms with E-state index in [1.807, 2.05) is 0 Å². The zero-order valence-electron chi connectivity index (χ0n) is 11.0. The third kappa shape index (κ3) is 5.57. The van der Waals surface area contributed by atoms with Crippen molar-refractivity contribution in [1.82, 2.24) is 0 Å². The second-order valence-electron chi connectivity index (χ2n) is 4.42. The van der Waals surface area contributed by atoms with Crippen molar-refractivity contribution in [1.29, 1.82) is 0 Å². The number of hydrogen-bond acceptors (Lipinski definition) is 3. The van der Waals surface area contributed by atoms with Gasteiger partial charge in [0.2, 0.25) is 0 Å². The lowest BCUT2D eigenvalue weighted by Gasteiger charge is -2.07. The first-order chi connectivity index (χ1) is 8.76. The molecule has 1 aromatic rings. The van der Waals surface area contributed by atoms with Crippen LogP contribution in [0.4, 0.5) is 5.69 Å². The average Bonchev–Trinajstić information content (AvgIpc) is 2.40. The van der Waals surface area contributed by atoms with E-state index in [1.165, 1.54) is 12.0 Å². The van der Waals surface area contributed by atoms with Crippen LogP contribution in [0.5, 0.6) is 0 Å². The lowest BCUT2D eigenvalue weighted by Crippen LogP contribution is -2.11. The van der Waals surface area contributed by atoms with E-state index in [9.17, 15) is 0 Å². The van der Waals surface area contributed by atoms with Crippen LogP contribution >= 0.6 is 0 Å². The number of unbranched alkanes of at least 4 members (excludes halogenated alkanes) is 1. The first-order valence-electron chi connectivity index (χ1n) is 6.55. The summed E-state index contributed by atoms with van der Waals surface area (Å²) in [5, 5.41) is 14.7. The van der Waals surface area contributed by atoms with Crippen LogP contribution in [0.1, 0.15) is 38.2 Å². The predicted molar refractivity (Wildman–Crippen MR) is 76.2 cm³/mol. The summed E-state index contributed by atoms with van der Waals surface area (Å²) in [6, 6.07) is 8.58. The highest BCUT2D eigenvalue weighted by Gasteiger charge is 1.95. The van der Waals surface area contributed by atoms with Crippen LogP contribution in [-0.4, -0.2) is 17.6 Å². The molecule has 0 aliphatic carbocycles. The van der Waals surface area contributed by atoms with E-state index in [0.29, 0.717) is 12.3 Å². The second kappa shape index (κ2) is 8.39. The Hall–Kier alpha value is -1.71. The Bertz CT molecular complexity index is 360. The molecule has 0 amide bonds. The molecule has 0 radical (unpaired) electrons. The molecule has 0 spiro atoms. The van der Waals surface area contributed by atoms with Crippen molar-refractivity contribution in [2.24, 2.45) is 10.9 Å². The van der Waals surface area contributed by atoms with Gasteiger partial charge in [-0.1, -0.05) is 30.6 Å². The van der Waals surface area contributed by atoms with Gasteiger partial charge < -0.3 is 16.3 Å². The molecular formula is C14H23N3O. The van der Waals surface area contributed by atoms with E-state index in [1.54, 1.807) is 0 Å². The molecule has 4 heteroatoms. The first-order valence-corrected chi connectivity index (χ1v) is 6.55. The normalized spacial score (nSPS) is 11.5. The lowest BCUT2D eigenvalue weighted by molar-refractivity contribution is 0.316. The number of nitrogens with one attached hydrogen (secondary N) is 1. The monoisotopic (exact) mass is 249 g/mol. The zero-order chi connectivity index (χ0) is 13.2. The van der Waals surface area contributed by atoms with E-state index >= 15 is 0 Å². The molecular weight excluding hydrogens is 226 g/mol. The first kappa shape index (κ1) is 14.4. The molecule has 0 unspecified atom stereocenters. The molecule has 0 atom stereocenters. The molecule has 0 aliphatic heterocycles. The summed E-state index contributed by atoms with van der Waals surface area (Å²) in [6.07, 6.45) is 4.90. The van der Waals surface area contributed by atoms with Crippen LogP contribution in [0, 0.1) is 0 Å². The van der Waals surface area contributed by atoms with Gasteiger partial charge in [0.1, 0.15) is 5.84 Å². The van der Waals surface area contributed by atoms with Crippen LogP contribution in [0.3, 0.4) is 0 Å². The van der Waals surface area contributed by atoms with E-state index in [2.05, 4.69) is 41.7 Å². The van der Waals surface area contributed by atoms with Gasteiger partial charge >= 0.3 is 0 Å². The maximum absolute atomic E-state index is 8.39. The number of oxime groups is 1. The van der Waals surface area contributed by atoms with Gasteiger partial charge in [-0.2, -0.15) is 0 Å². The molecule has 0 heterocycles. The molecule has 100 valence electrons. The van der Waals surface area contributed by atoms with Gasteiger partial charge in [-0.15, -0.1) is 0 Å². The van der Waals surface area contributed by atoms with E-state index in [-0.39, 0.29) is 0 Å². The van der Waals surface area contributed by atoms with Gasteiger partial charge in [0.15, 0.2) is 0 Å². The molecule has 0 fully saturated rings. The lowest BCUT2D eigenvalue weighted by atomic mass is 10.1. The highest BCUT2D eigenvalue weighted by atomic mass is 16.4. The van der Waals surface area contributed by atoms with E-state index in [4.69, 9.17) is 10.9 Å². The third-order valence-electron chi connectivity index (χ3n) is 2.81. The molecule has 0 aromatic heterocycles. The van der Waals surface area contributed by atoms with Crippen LogP contribution in [0.2, 0.25) is 0 Å². The SMILES string of the molecule is CCCc1ccc(NCCCCC(N)=NO)cc1. The minimum Gasteiger partial charge on any atom is -0.409 e. The zero-order valence-corrected chi connectivity index (χ0v) is 11.0. The number of rotatable bonds is 8. The van der Waals surface area contributed by atoms with Crippen LogP contribution in [0.25, 0.3) is 0 Å². The fraction of sp³-hybridized carbons (Fsp3) is 0.500. The minimum absolute atomic E-state index is 0.305. The summed E-state index contributed by atoms with van der Waals surface area (Å²) >= 11 is 0. The molecule has 4 N–H and O–H groups in total. The number of amidine groups is 1. The van der Waals surface area contributed by atoms with Crippen molar-refractivity contribution in [2.75, 3.05) is 11.9 Å². The molecule has 4 nitrogen and oxygen atoms in total. The van der Waals surface area contributed by atoms with E-state index < -0.39 is 0 Å². The molecule has 0 saturated heterocycles. The van der Waals surface area contributed by atoms with Gasteiger partial charge in [0.05, 0.1) is 0 Å². The van der Waals surface area contributed by atoms with Gasteiger partial charge in [0.25, 0.3) is 0 Å². The van der Waals surface area contributed by atoms with Crippen molar-refractivity contribution in [3.63, 3.8) is 0 Å². The largest absolute Gasteiger partial charge is 0.409 e. The molecule has 18 heavy (non-hydrogen) atoms. The van der Waals surface area contributed by atoms with Crippen LogP contribution in [-0.2, 0) is 6.42 Å². The highest BCUT2D eigenvalue weighted by molar-refractivity contribution is 5.79. The Morgan fingerprint density at radius 2 is 2.00 bits per heavy atom. The molecule has 1 rings (SSSR count).